The first kappa shape index (κ1) is 24.9. The van der Waals surface area contributed by atoms with Crippen molar-refractivity contribution in [1.29, 1.82) is 0 Å². The summed E-state index contributed by atoms with van der Waals surface area (Å²) in [7, 11) is 0. The number of carboxylic acids is 1. The number of aromatic nitrogens is 2. The van der Waals surface area contributed by atoms with Gasteiger partial charge in [0.2, 0.25) is 11.0 Å². The molecule has 0 spiro atoms. The monoisotopic (exact) mass is 458 g/mol. The average Bonchev–Trinajstić information content (AvgIpc) is 3.08. The van der Waals surface area contributed by atoms with Gasteiger partial charge in [0.15, 0.2) is 0 Å². The first-order valence-corrected chi connectivity index (χ1v) is 10.9. The highest BCUT2D eigenvalue weighted by molar-refractivity contribution is 7.09. The summed E-state index contributed by atoms with van der Waals surface area (Å²) >= 11 is 0.640. The second kappa shape index (κ2) is 10.3. The highest BCUT2D eigenvalue weighted by Gasteiger charge is 2.36. The maximum Gasteiger partial charge on any atom is 0.452 e. The van der Waals surface area contributed by atoms with Gasteiger partial charge in [-0.05, 0) is 35.4 Å². The van der Waals surface area contributed by atoms with Gasteiger partial charge in [-0.2, -0.15) is 22.5 Å². The summed E-state index contributed by atoms with van der Waals surface area (Å²) in [5, 5.41) is 12.2. The van der Waals surface area contributed by atoms with E-state index in [0.29, 0.717) is 29.1 Å². The Kier molecular flexibility index (Phi) is 8.27. The molecule has 172 valence electrons. The van der Waals surface area contributed by atoms with Gasteiger partial charge >= 0.3 is 12.1 Å². The Bertz CT molecular complexity index is 874. The van der Waals surface area contributed by atoms with Crippen molar-refractivity contribution in [2.75, 3.05) is 23.3 Å². The number of nitrogens with one attached hydrogen (secondary N) is 1. The number of carboxylic acid groups (broad SMARTS) is 1. The molecule has 2 N–H and O–H groups in total. The third-order valence-electron chi connectivity index (χ3n) is 4.50. The van der Waals surface area contributed by atoms with Crippen molar-refractivity contribution in [3.8, 4) is 0 Å². The number of alkyl halides is 3. The molecule has 0 bridgehead atoms. The van der Waals surface area contributed by atoms with E-state index in [4.69, 9.17) is 5.11 Å². The number of aliphatic carboxylic acids is 1. The molecule has 1 aromatic carbocycles. The van der Waals surface area contributed by atoms with Crippen molar-refractivity contribution >= 4 is 34.0 Å². The Morgan fingerprint density at radius 2 is 1.77 bits per heavy atom. The van der Waals surface area contributed by atoms with Crippen molar-refractivity contribution in [2.24, 2.45) is 11.8 Å². The smallest absolute Gasteiger partial charge is 0.452 e. The Morgan fingerprint density at radius 3 is 2.26 bits per heavy atom. The van der Waals surface area contributed by atoms with Gasteiger partial charge in [-0.25, -0.2) is 0 Å². The van der Waals surface area contributed by atoms with Crippen LogP contribution in [0.5, 0.6) is 0 Å². The van der Waals surface area contributed by atoms with Crippen LogP contribution in [0.2, 0.25) is 0 Å². The van der Waals surface area contributed by atoms with Crippen LogP contribution in [0.15, 0.2) is 18.2 Å². The maximum atomic E-state index is 12.9. The molecule has 10 heteroatoms. The quantitative estimate of drug-likeness (QED) is 0.455. The normalized spacial score (nSPS) is 13.0. The fourth-order valence-electron chi connectivity index (χ4n) is 3.27. The standard InChI is InChI=1S/C21H29F3N4O2S/c1-12(2)10-28(11-13(3)4)17-7-6-15(14(5)8-18(29)30)9-16(17)25-20-26-19(27-31-20)21(22,23)24/h6-7,9,12-14H,8,10-11H2,1-5H3,(H,29,30)(H,25,26,27)/t14-/m1/s1. The molecule has 1 atom stereocenters. The average molecular weight is 459 g/mol. The first-order chi connectivity index (χ1) is 14.4. The molecule has 1 aromatic heterocycles. The number of rotatable bonds is 10. The fourth-order valence-corrected chi connectivity index (χ4v) is 3.87. The lowest BCUT2D eigenvalue weighted by Crippen LogP contribution is -2.31. The van der Waals surface area contributed by atoms with Crippen molar-refractivity contribution < 1.29 is 23.1 Å². The van der Waals surface area contributed by atoms with Crippen LogP contribution < -0.4 is 10.2 Å². The molecule has 0 unspecified atom stereocenters. The van der Waals surface area contributed by atoms with Crippen LogP contribution in [0, 0.1) is 11.8 Å². The summed E-state index contributed by atoms with van der Waals surface area (Å²) in [5.41, 5.74) is 2.20. The van der Waals surface area contributed by atoms with E-state index in [9.17, 15) is 18.0 Å². The van der Waals surface area contributed by atoms with Crippen LogP contribution >= 0.6 is 11.5 Å². The molecule has 0 aliphatic heterocycles. The van der Waals surface area contributed by atoms with Crippen molar-refractivity contribution in [3.05, 3.63) is 29.6 Å². The Morgan fingerprint density at radius 1 is 1.16 bits per heavy atom. The van der Waals surface area contributed by atoms with Gasteiger partial charge in [-0.1, -0.05) is 40.7 Å². The van der Waals surface area contributed by atoms with E-state index < -0.39 is 18.0 Å². The molecule has 0 amide bonds. The third kappa shape index (κ3) is 7.37. The molecular weight excluding hydrogens is 429 g/mol. The zero-order valence-corrected chi connectivity index (χ0v) is 19.1. The minimum Gasteiger partial charge on any atom is -0.481 e. The van der Waals surface area contributed by atoms with E-state index in [1.807, 2.05) is 12.1 Å². The molecule has 0 aliphatic rings. The summed E-state index contributed by atoms with van der Waals surface area (Å²) < 4.78 is 42.2. The minimum atomic E-state index is -4.61. The van der Waals surface area contributed by atoms with E-state index in [1.54, 1.807) is 13.0 Å². The van der Waals surface area contributed by atoms with E-state index >= 15 is 0 Å². The fraction of sp³-hybridized carbons (Fsp3) is 0.571. The second-order valence-electron chi connectivity index (χ2n) is 8.51. The molecule has 0 aliphatic carbocycles. The predicted octanol–water partition coefficient (Wildman–Crippen LogP) is 6.00. The summed E-state index contributed by atoms with van der Waals surface area (Å²) in [5.74, 6) is -1.61. The van der Waals surface area contributed by atoms with Crippen LogP contribution in [-0.4, -0.2) is 33.5 Å². The van der Waals surface area contributed by atoms with Gasteiger partial charge in [0.1, 0.15) is 0 Å². The first-order valence-electron chi connectivity index (χ1n) is 10.2. The van der Waals surface area contributed by atoms with Gasteiger partial charge < -0.3 is 15.3 Å². The highest BCUT2D eigenvalue weighted by Crippen LogP contribution is 2.36. The number of carbonyl (C=O) groups is 1. The Balaban J connectivity index is 2.47. The molecule has 1 heterocycles. The van der Waals surface area contributed by atoms with E-state index in [2.05, 4.69) is 47.3 Å². The van der Waals surface area contributed by atoms with Crippen LogP contribution in [0.1, 0.15) is 58.3 Å². The largest absolute Gasteiger partial charge is 0.481 e. The lowest BCUT2D eigenvalue weighted by atomic mass is 9.96. The molecular formula is C21H29F3N4O2S. The summed E-state index contributed by atoms with van der Waals surface area (Å²) in [6.45, 7) is 11.7. The highest BCUT2D eigenvalue weighted by atomic mass is 32.1. The van der Waals surface area contributed by atoms with Crippen LogP contribution in [-0.2, 0) is 11.0 Å². The molecule has 2 rings (SSSR count). The number of hydrogen-bond acceptors (Lipinski definition) is 6. The molecule has 6 nitrogen and oxygen atoms in total. The van der Waals surface area contributed by atoms with E-state index in [0.717, 1.165) is 24.3 Å². The summed E-state index contributed by atoms with van der Waals surface area (Å²) in [6.07, 6.45) is -4.66. The van der Waals surface area contributed by atoms with Gasteiger partial charge in [0.25, 0.3) is 0 Å². The van der Waals surface area contributed by atoms with Crippen LogP contribution in [0.4, 0.5) is 29.7 Å². The zero-order valence-electron chi connectivity index (χ0n) is 18.3. The maximum absolute atomic E-state index is 12.9. The van der Waals surface area contributed by atoms with Gasteiger partial charge in [0, 0.05) is 24.6 Å². The minimum absolute atomic E-state index is 0.0330. The van der Waals surface area contributed by atoms with Gasteiger partial charge in [0.05, 0.1) is 17.8 Å². The Hall–Kier alpha value is -2.36. The number of halogens is 3. The molecule has 0 fully saturated rings. The Labute approximate surface area is 184 Å². The van der Waals surface area contributed by atoms with Crippen LogP contribution in [0.3, 0.4) is 0 Å². The topological polar surface area (TPSA) is 78.4 Å². The van der Waals surface area contributed by atoms with Gasteiger partial charge in [-0.3, -0.25) is 4.79 Å². The third-order valence-corrected chi connectivity index (χ3v) is 5.13. The molecule has 0 saturated heterocycles. The molecule has 2 aromatic rings. The molecule has 0 radical (unpaired) electrons. The predicted molar refractivity (Wildman–Crippen MR) is 117 cm³/mol. The number of anilines is 3. The van der Waals surface area contributed by atoms with E-state index in [-0.39, 0.29) is 17.5 Å². The van der Waals surface area contributed by atoms with Crippen LogP contribution in [0.25, 0.3) is 0 Å². The van der Waals surface area contributed by atoms with E-state index in [1.165, 1.54) is 0 Å². The summed E-state index contributed by atoms with van der Waals surface area (Å²) in [6, 6.07) is 5.57. The molecule has 0 saturated carbocycles. The number of nitrogens with zero attached hydrogens (tertiary/aromatic N) is 3. The van der Waals surface area contributed by atoms with Gasteiger partial charge in [-0.15, -0.1) is 0 Å². The zero-order chi connectivity index (χ0) is 23.3. The number of hydrogen-bond donors (Lipinski definition) is 2. The molecule has 31 heavy (non-hydrogen) atoms. The van der Waals surface area contributed by atoms with Crippen molar-refractivity contribution in [2.45, 2.75) is 53.1 Å². The number of benzene rings is 1. The second-order valence-corrected chi connectivity index (χ2v) is 9.27. The SMILES string of the molecule is CC(C)CN(CC(C)C)c1ccc([C@H](C)CC(=O)O)cc1Nc1nc(C(F)(F)F)ns1. The summed E-state index contributed by atoms with van der Waals surface area (Å²) in [4.78, 5) is 16.9. The van der Waals surface area contributed by atoms with Crippen molar-refractivity contribution in [1.82, 2.24) is 9.36 Å². The lowest BCUT2D eigenvalue weighted by molar-refractivity contribution is -0.144. The lowest BCUT2D eigenvalue weighted by Gasteiger charge is -2.31. The van der Waals surface area contributed by atoms with Crippen molar-refractivity contribution in [3.63, 3.8) is 0 Å².